The summed E-state index contributed by atoms with van der Waals surface area (Å²) in [6, 6.07) is 22.9. The Morgan fingerprint density at radius 2 is 1.59 bits per heavy atom. The predicted molar refractivity (Wildman–Crippen MR) is 114 cm³/mol. The number of rotatable bonds is 5. The van der Waals surface area contributed by atoms with Gasteiger partial charge >= 0.3 is 0 Å². The minimum absolute atomic E-state index is 0.160. The quantitative estimate of drug-likeness (QED) is 0.492. The van der Waals surface area contributed by atoms with Crippen molar-refractivity contribution in [3.63, 3.8) is 0 Å². The zero-order valence-corrected chi connectivity index (χ0v) is 16.3. The van der Waals surface area contributed by atoms with Crippen LogP contribution < -0.4 is 5.32 Å². The van der Waals surface area contributed by atoms with Crippen molar-refractivity contribution in [2.75, 3.05) is 5.32 Å². The van der Waals surface area contributed by atoms with Gasteiger partial charge in [-0.1, -0.05) is 36.8 Å². The van der Waals surface area contributed by atoms with Crippen molar-refractivity contribution in [2.45, 2.75) is 20.3 Å². The van der Waals surface area contributed by atoms with Crippen LogP contribution in [0.5, 0.6) is 0 Å². The molecule has 0 saturated heterocycles. The first kappa shape index (κ1) is 18.6. The number of aromatic nitrogens is 2. The van der Waals surface area contributed by atoms with Crippen LogP contribution in [0.4, 0.5) is 5.69 Å². The SMILES string of the molecule is CCc1ccc(NC(=O)c2ccc(-c3nnc(-c4cccc(C)c4)o3)cc2)cc1. The van der Waals surface area contributed by atoms with E-state index in [1.54, 1.807) is 12.1 Å². The fourth-order valence-corrected chi connectivity index (χ4v) is 3.03. The van der Waals surface area contributed by atoms with Gasteiger partial charge in [-0.05, 0) is 67.4 Å². The number of carbonyl (C=O) groups is 1. The van der Waals surface area contributed by atoms with Gasteiger partial charge in [-0.3, -0.25) is 4.79 Å². The summed E-state index contributed by atoms with van der Waals surface area (Å²) in [6.07, 6.45) is 0.969. The minimum atomic E-state index is -0.160. The van der Waals surface area contributed by atoms with Crippen LogP contribution >= 0.6 is 0 Å². The number of hydrogen-bond acceptors (Lipinski definition) is 4. The number of benzene rings is 3. The number of nitrogens with one attached hydrogen (secondary N) is 1. The molecule has 5 nitrogen and oxygen atoms in total. The van der Waals surface area contributed by atoms with Gasteiger partial charge in [0.15, 0.2) is 0 Å². The van der Waals surface area contributed by atoms with Crippen molar-refractivity contribution < 1.29 is 9.21 Å². The topological polar surface area (TPSA) is 68.0 Å². The van der Waals surface area contributed by atoms with E-state index in [-0.39, 0.29) is 5.91 Å². The summed E-state index contributed by atoms with van der Waals surface area (Å²) in [7, 11) is 0. The molecule has 1 aromatic heterocycles. The molecule has 0 unspecified atom stereocenters. The molecule has 1 heterocycles. The molecule has 0 bridgehead atoms. The van der Waals surface area contributed by atoms with Gasteiger partial charge in [-0.15, -0.1) is 10.2 Å². The summed E-state index contributed by atoms with van der Waals surface area (Å²) in [5.41, 5.74) is 5.34. The van der Waals surface area contributed by atoms with Gasteiger partial charge in [-0.25, -0.2) is 0 Å². The van der Waals surface area contributed by atoms with Gasteiger partial charge in [0.05, 0.1) is 0 Å². The smallest absolute Gasteiger partial charge is 0.255 e. The molecule has 3 aromatic carbocycles. The number of amides is 1. The Labute approximate surface area is 169 Å². The highest BCUT2D eigenvalue weighted by molar-refractivity contribution is 6.04. The van der Waals surface area contributed by atoms with Crippen molar-refractivity contribution >= 4 is 11.6 Å². The highest BCUT2D eigenvalue weighted by Crippen LogP contribution is 2.25. The number of aryl methyl sites for hydroxylation is 2. The van der Waals surface area contributed by atoms with Crippen LogP contribution in [0, 0.1) is 6.92 Å². The Hall–Kier alpha value is -3.73. The molecular formula is C24H21N3O2. The van der Waals surface area contributed by atoms with Gasteiger partial charge in [-0.2, -0.15) is 0 Å². The van der Waals surface area contributed by atoms with Crippen LogP contribution in [0.1, 0.15) is 28.4 Å². The Kier molecular flexibility index (Phi) is 5.20. The van der Waals surface area contributed by atoms with Gasteiger partial charge in [0.2, 0.25) is 11.8 Å². The normalized spacial score (nSPS) is 10.7. The van der Waals surface area contributed by atoms with Gasteiger partial charge in [0.25, 0.3) is 5.91 Å². The first-order valence-electron chi connectivity index (χ1n) is 9.53. The lowest BCUT2D eigenvalue weighted by molar-refractivity contribution is 0.102. The van der Waals surface area contributed by atoms with Crippen LogP contribution in [-0.4, -0.2) is 16.1 Å². The maximum absolute atomic E-state index is 12.5. The van der Waals surface area contributed by atoms with E-state index in [2.05, 4.69) is 22.4 Å². The standard InChI is InChI=1S/C24H21N3O2/c1-3-17-7-13-21(14-8-17)25-22(28)18-9-11-19(12-10-18)23-26-27-24(29-23)20-6-4-5-16(2)15-20/h4-15H,3H2,1-2H3,(H,25,28). The van der Waals surface area contributed by atoms with Gasteiger partial charge < -0.3 is 9.73 Å². The highest BCUT2D eigenvalue weighted by Gasteiger charge is 2.12. The molecule has 5 heteroatoms. The number of nitrogens with zero attached hydrogens (tertiary/aromatic N) is 2. The second-order valence-corrected chi connectivity index (χ2v) is 6.86. The molecular weight excluding hydrogens is 362 g/mol. The monoisotopic (exact) mass is 383 g/mol. The summed E-state index contributed by atoms with van der Waals surface area (Å²) in [4.78, 5) is 12.5. The van der Waals surface area contributed by atoms with Gasteiger partial charge in [0, 0.05) is 22.4 Å². The van der Waals surface area contributed by atoms with E-state index < -0.39 is 0 Å². The maximum Gasteiger partial charge on any atom is 0.255 e. The van der Waals surface area contributed by atoms with E-state index in [4.69, 9.17) is 4.42 Å². The first-order chi connectivity index (χ1) is 14.1. The van der Waals surface area contributed by atoms with Crippen LogP contribution in [0.15, 0.2) is 77.2 Å². The van der Waals surface area contributed by atoms with Crippen molar-refractivity contribution in [1.29, 1.82) is 0 Å². The lowest BCUT2D eigenvalue weighted by Crippen LogP contribution is -2.11. The highest BCUT2D eigenvalue weighted by atomic mass is 16.4. The van der Waals surface area contributed by atoms with E-state index in [9.17, 15) is 4.79 Å². The van der Waals surface area contributed by atoms with E-state index in [1.807, 2.05) is 67.6 Å². The zero-order valence-electron chi connectivity index (χ0n) is 16.3. The summed E-state index contributed by atoms with van der Waals surface area (Å²) >= 11 is 0. The average molecular weight is 383 g/mol. The summed E-state index contributed by atoms with van der Waals surface area (Å²) in [5.74, 6) is 0.733. The molecule has 1 amide bonds. The Morgan fingerprint density at radius 1 is 0.897 bits per heavy atom. The van der Waals surface area contributed by atoms with Crippen LogP contribution in [0.25, 0.3) is 22.9 Å². The molecule has 0 atom stereocenters. The lowest BCUT2D eigenvalue weighted by Gasteiger charge is -2.06. The third-order valence-electron chi connectivity index (χ3n) is 4.70. The zero-order chi connectivity index (χ0) is 20.2. The number of hydrogen-bond donors (Lipinski definition) is 1. The molecule has 4 rings (SSSR count). The first-order valence-corrected chi connectivity index (χ1v) is 9.53. The molecule has 29 heavy (non-hydrogen) atoms. The molecule has 144 valence electrons. The predicted octanol–water partition coefficient (Wildman–Crippen LogP) is 5.53. The van der Waals surface area contributed by atoms with E-state index in [0.29, 0.717) is 17.3 Å². The Balaban J connectivity index is 1.48. The molecule has 0 aliphatic heterocycles. The van der Waals surface area contributed by atoms with Crippen molar-refractivity contribution in [2.24, 2.45) is 0 Å². The Bertz CT molecular complexity index is 1130. The molecule has 4 aromatic rings. The number of carbonyl (C=O) groups excluding carboxylic acids is 1. The molecule has 1 N–H and O–H groups in total. The Morgan fingerprint density at radius 3 is 2.24 bits per heavy atom. The van der Waals surface area contributed by atoms with Gasteiger partial charge in [0.1, 0.15) is 0 Å². The lowest BCUT2D eigenvalue weighted by atomic mass is 10.1. The largest absolute Gasteiger partial charge is 0.416 e. The molecule has 0 saturated carbocycles. The van der Waals surface area contributed by atoms with Crippen LogP contribution in [-0.2, 0) is 6.42 Å². The van der Waals surface area contributed by atoms with Crippen LogP contribution in [0.3, 0.4) is 0 Å². The second-order valence-electron chi connectivity index (χ2n) is 6.86. The third kappa shape index (κ3) is 4.24. The molecule has 0 aliphatic rings. The maximum atomic E-state index is 12.5. The third-order valence-corrected chi connectivity index (χ3v) is 4.70. The molecule has 0 fully saturated rings. The number of anilines is 1. The summed E-state index contributed by atoms with van der Waals surface area (Å²) in [6.45, 7) is 4.12. The second kappa shape index (κ2) is 8.10. The van der Waals surface area contributed by atoms with E-state index in [0.717, 1.165) is 28.8 Å². The summed E-state index contributed by atoms with van der Waals surface area (Å²) < 4.78 is 5.81. The minimum Gasteiger partial charge on any atom is -0.416 e. The molecule has 0 radical (unpaired) electrons. The molecule has 0 spiro atoms. The van der Waals surface area contributed by atoms with Crippen molar-refractivity contribution in [3.05, 3.63) is 89.5 Å². The van der Waals surface area contributed by atoms with E-state index in [1.165, 1.54) is 5.56 Å². The summed E-state index contributed by atoms with van der Waals surface area (Å²) in [5, 5.41) is 11.2. The van der Waals surface area contributed by atoms with Crippen LogP contribution in [0.2, 0.25) is 0 Å². The van der Waals surface area contributed by atoms with Crippen molar-refractivity contribution in [3.8, 4) is 22.9 Å². The van der Waals surface area contributed by atoms with E-state index >= 15 is 0 Å². The average Bonchev–Trinajstić information content (AvgIpc) is 3.25. The van der Waals surface area contributed by atoms with Crippen molar-refractivity contribution in [1.82, 2.24) is 10.2 Å². The fourth-order valence-electron chi connectivity index (χ4n) is 3.03. The molecule has 0 aliphatic carbocycles. The fraction of sp³-hybridized carbons (Fsp3) is 0.125.